The Hall–Kier alpha value is -6.69. The molecule has 1 unspecified atom stereocenters. The van der Waals surface area contributed by atoms with Crippen LogP contribution in [0, 0.1) is 80.9 Å². The summed E-state index contributed by atoms with van der Waals surface area (Å²) in [6.07, 6.45) is 11.7. The zero-order valence-corrected chi connectivity index (χ0v) is 60.7. The zero-order valence-electron chi connectivity index (χ0n) is 60.7. The predicted octanol–water partition coefficient (Wildman–Crippen LogP) is 23.8. The van der Waals surface area contributed by atoms with Gasteiger partial charge in [-0.15, -0.1) is 0 Å². The molecule has 1 fully saturated rings. The molecule has 0 amide bonds. The van der Waals surface area contributed by atoms with Crippen molar-refractivity contribution < 1.29 is 9.13 Å². The number of ether oxygens (including phenoxy) is 1. The highest BCUT2D eigenvalue weighted by Crippen LogP contribution is 2.38. The summed E-state index contributed by atoms with van der Waals surface area (Å²) in [7, 11) is 4.13. The van der Waals surface area contributed by atoms with E-state index in [0.717, 1.165) is 71.7 Å². The maximum absolute atomic E-state index is 13.2. The summed E-state index contributed by atoms with van der Waals surface area (Å²) in [5, 5.41) is 0. The Bertz CT molecular complexity index is 3010. The van der Waals surface area contributed by atoms with Gasteiger partial charge in [0.1, 0.15) is 5.82 Å². The van der Waals surface area contributed by atoms with Crippen LogP contribution >= 0.6 is 0 Å². The van der Waals surface area contributed by atoms with E-state index in [9.17, 15) is 4.39 Å². The number of hydrogen-bond acceptors (Lipinski definition) is 4. The summed E-state index contributed by atoms with van der Waals surface area (Å²) in [5.74, 6) is 6.13. The fourth-order valence-electron chi connectivity index (χ4n) is 11.5. The van der Waals surface area contributed by atoms with E-state index in [1.54, 1.807) is 6.07 Å². The number of halogens is 1. The molecule has 0 aliphatic carbocycles. The molecule has 6 aromatic carbocycles. The molecule has 3 heterocycles. The molecule has 1 saturated heterocycles. The lowest BCUT2D eigenvalue weighted by Gasteiger charge is -2.33. The smallest absolute Gasteiger partial charge is 0.126 e. The lowest BCUT2D eigenvalue weighted by atomic mass is 9.73. The Labute approximate surface area is 563 Å². The Morgan fingerprint density at radius 2 is 0.848 bits per heavy atom. The van der Waals surface area contributed by atoms with Gasteiger partial charge in [0.2, 0.25) is 0 Å². The van der Waals surface area contributed by atoms with Crippen LogP contribution in [0.5, 0.6) is 0 Å². The van der Waals surface area contributed by atoms with Crippen molar-refractivity contribution in [3.05, 3.63) is 267 Å². The van der Waals surface area contributed by atoms with Gasteiger partial charge < -0.3 is 9.64 Å². The largest absolute Gasteiger partial charge is 0.381 e. The second kappa shape index (κ2) is 44.0. The highest BCUT2D eigenvalue weighted by atomic mass is 19.1. The zero-order chi connectivity index (χ0) is 67.5. The molecule has 1 atom stereocenters. The predicted molar refractivity (Wildman–Crippen MR) is 402 cm³/mol. The second-order valence-electron chi connectivity index (χ2n) is 28.5. The SMILES string of the molecule is C.CC(C)C(C)(c1ccccn1)c1ccccn1.CC(C)C(c1ccccc1)C1CCOCC1.CC(C)Cc1ccc(N(C)C)cc1.CC(C)Cc1ccccc1.Cc1ccc(CC(C)C)c(C)c1.Cc1ccc(CC(C)C)c(F)c1.Cc1ccc(CC(C)C)cc1. The van der Waals surface area contributed by atoms with E-state index in [0.29, 0.717) is 23.7 Å². The van der Waals surface area contributed by atoms with Crippen molar-refractivity contribution in [3.8, 4) is 0 Å². The molecule has 0 saturated carbocycles. The number of anilines is 1. The van der Waals surface area contributed by atoms with Crippen molar-refractivity contribution in [1.82, 2.24) is 9.97 Å². The summed E-state index contributed by atoms with van der Waals surface area (Å²) in [5.41, 5.74) is 16.6. The van der Waals surface area contributed by atoms with Gasteiger partial charge in [-0.1, -0.05) is 255 Å². The Morgan fingerprint density at radius 1 is 0.457 bits per heavy atom. The van der Waals surface area contributed by atoms with Crippen LogP contribution in [0.15, 0.2) is 194 Å². The summed E-state index contributed by atoms with van der Waals surface area (Å²) < 4.78 is 18.7. The molecule has 92 heavy (non-hydrogen) atoms. The van der Waals surface area contributed by atoms with Crippen LogP contribution < -0.4 is 4.90 Å². The average Bonchev–Trinajstić information content (AvgIpc) is 0.810. The van der Waals surface area contributed by atoms with E-state index in [4.69, 9.17) is 4.74 Å². The first-order valence-corrected chi connectivity index (χ1v) is 34.3. The molecule has 0 spiro atoms. The van der Waals surface area contributed by atoms with Crippen LogP contribution in [0.25, 0.3) is 0 Å². The quantitative estimate of drug-likeness (QED) is 0.0911. The minimum absolute atomic E-state index is 0. The molecule has 4 nitrogen and oxygen atoms in total. The normalized spacial score (nSPS) is 12.3. The summed E-state index contributed by atoms with van der Waals surface area (Å²) in [4.78, 5) is 11.1. The van der Waals surface area contributed by atoms with Crippen molar-refractivity contribution >= 4 is 5.69 Å². The van der Waals surface area contributed by atoms with Gasteiger partial charge in [-0.25, -0.2) is 4.39 Å². The third-order valence-electron chi connectivity index (χ3n) is 16.5. The van der Waals surface area contributed by atoms with E-state index in [1.165, 1.54) is 88.7 Å². The van der Waals surface area contributed by atoms with Crippen molar-refractivity contribution in [1.29, 1.82) is 0 Å². The fourth-order valence-corrected chi connectivity index (χ4v) is 11.5. The van der Waals surface area contributed by atoms with E-state index < -0.39 is 0 Å². The molecule has 0 radical (unpaired) electrons. The molecule has 0 N–H and O–H groups in total. The molecular formula is C87H126FN3O. The van der Waals surface area contributed by atoms with E-state index >= 15 is 0 Å². The highest BCUT2D eigenvalue weighted by molar-refractivity contribution is 5.46. The van der Waals surface area contributed by atoms with Crippen molar-refractivity contribution in [2.24, 2.45) is 47.3 Å². The molecular weight excluding hydrogens is 1120 g/mol. The van der Waals surface area contributed by atoms with Crippen LogP contribution in [0.2, 0.25) is 0 Å². The number of hydrogen-bond donors (Lipinski definition) is 0. The summed E-state index contributed by atoms with van der Waals surface area (Å²) >= 11 is 0. The van der Waals surface area contributed by atoms with Gasteiger partial charge in [0.15, 0.2) is 0 Å². The maximum atomic E-state index is 13.2. The number of pyridine rings is 2. The Morgan fingerprint density at radius 3 is 1.24 bits per heavy atom. The molecule has 8 aromatic rings. The third kappa shape index (κ3) is 31.8. The molecule has 502 valence electrons. The van der Waals surface area contributed by atoms with Crippen LogP contribution in [-0.2, 0) is 42.3 Å². The maximum Gasteiger partial charge on any atom is 0.126 e. The van der Waals surface area contributed by atoms with Gasteiger partial charge in [-0.05, 0) is 220 Å². The van der Waals surface area contributed by atoms with Gasteiger partial charge in [-0.3, -0.25) is 9.97 Å². The first-order valence-electron chi connectivity index (χ1n) is 34.3. The van der Waals surface area contributed by atoms with Gasteiger partial charge in [-0.2, -0.15) is 0 Å². The van der Waals surface area contributed by atoms with Crippen LogP contribution in [0.4, 0.5) is 10.1 Å². The van der Waals surface area contributed by atoms with E-state index in [-0.39, 0.29) is 18.7 Å². The van der Waals surface area contributed by atoms with Gasteiger partial charge >= 0.3 is 0 Å². The number of nitrogens with zero attached hydrogens (tertiary/aromatic N) is 3. The Kier molecular flexibility index (Phi) is 38.9. The van der Waals surface area contributed by atoms with Crippen LogP contribution in [0.1, 0.15) is 197 Å². The lowest BCUT2D eigenvalue weighted by Crippen LogP contribution is -2.32. The molecule has 5 heteroatoms. The molecule has 1 aliphatic rings. The first-order chi connectivity index (χ1) is 43.2. The monoisotopic (exact) mass is 1250 g/mol. The first kappa shape index (κ1) is 81.4. The number of rotatable bonds is 17. The van der Waals surface area contributed by atoms with Crippen molar-refractivity contribution in [3.63, 3.8) is 0 Å². The van der Waals surface area contributed by atoms with Gasteiger partial charge in [0, 0.05) is 45.4 Å². The fraction of sp³-hybridized carbons (Fsp3) is 0.471. The standard InChI is InChI=1S/C15H18N2.C15H22O.C12H19N.C12H18.C11H15F.C11H16.C10H14.CH4/c1-12(2)15(3,13-8-4-6-10-16-13)14-9-5-7-11-17-14;1-12(2)15(13-6-4-3-5-7-13)14-8-10-16-11-9-14;1-10(2)9-11-5-7-12(8-6-11)13(3)4;1-9(2)7-12-6-5-10(3)8-11(12)4;1-8(2)6-10-5-4-9(3)7-11(10)12;1-9(2)8-11-6-4-10(3)5-7-11;1-9(2)8-10-6-4-3-5-7-10;/h4-12H,1-3H3;3-7,12,14-15H,8-11H2,1-2H3;5-8,10H,9H2,1-4H3;5-6,8-9H,7H2,1-4H3;4-5,7-8H,6H2,1-3H3;4-7,9H,8H2,1-3H3;3-7,9H,8H2,1-2H3;1H4. The van der Waals surface area contributed by atoms with Crippen LogP contribution in [-0.4, -0.2) is 37.3 Å². The summed E-state index contributed by atoms with van der Waals surface area (Å²) in [6.45, 7) is 43.8. The lowest BCUT2D eigenvalue weighted by molar-refractivity contribution is 0.0522. The highest BCUT2D eigenvalue weighted by Gasteiger charge is 2.35. The Balaban J connectivity index is 0.000000368. The molecule has 1 aliphatic heterocycles. The number of benzene rings is 6. The van der Waals surface area contributed by atoms with E-state index in [1.807, 2.05) is 55.7 Å². The average molecular weight is 1250 g/mol. The van der Waals surface area contributed by atoms with E-state index in [2.05, 4.69) is 293 Å². The summed E-state index contributed by atoms with van der Waals surface area (Å²) in [6, 6.07) is 63.4. The van der Waals surface area contributed by atoms with Gasteiger partial charge in [0.05, 0.1) is 16.8 Å². The molecule has 2 aromatic heterocycles. The van der Waals surface area contributed by atoms with Crippen molar-refractivity contribution in [2.75, 3.05) is 32.2 Å². The topological polar surface area (TPSA) is 38.3 Å². The number of aromatic nitrogens is 2. The number of aryl methyl sites for hydroxylation is 4. The minimum atomic E-state index is -0.136. The van der Waals surface area contributed by atoms with Crippen molar-refractivity contribution in [2.45, 2.75) is 195 Å². The molecule has 9 rings (SSSR count). The second-order valence-corrected chi connectivity index (χ2v) is 28.5. The minimum Gasteiger partial charge on any atom is -0.381 e. The molecule has 0 bridgehead atoms. The van der Waals surface area contributed by atoms with Crippen LogP contribution in [0.3, 0.4) is 0 Å². The third-order valence-corrected chi connectivity index (χ3v) is 16.5. The van der Waals surface area contributed by atoms with Gasteiger partial charge in [0.25, 0.3) is 0 Å².